The van der Waals surface area contributed by atoms with Crippen LogP contribution in [-0.2, 0) is 0 Å². The van der Waals surface area contributed by atoms with Crippen molar-refractivity contribution in [3.05, 3.63) is 30.3 Å². The molecule has 22 heavy (non-hydrogen) atoms. The van der Waals surface area contributed by atoms with Gasteiger partial charge < -0.3 is 15.0 Å². The summed E-state index contributed by atoms with van der Waals surface area (Å²) in [5.41, 5.74) is 0. The molecule has 1 aromatic carbocycles. The third-order valence-corrected chi connectivity index (χ3v) is 2.52. The van der Waals surface area contributed by atoms with Crippen LogP contribution in [-0.4, -0.2) is 41.6 Å². The molecule has 0 atom stereocenters. The molecule has 0 aliphatic carbocycles. The van der Waals surface area contributed by atoms with Gasteiger partial charge in [0.1, 0.15) is 5.75 Å². The van der Waals surface area contributed by atoms with E-state index in [2.05, 4.69) is 25.6 Å². The van der Waals surface area contributed by atoms with E-state index in [1.165, 1.54) is 0 Å². The van der Waals surface area contributed by atoms with Crippen LogP contribution in [0.5, 0.6) is 11.8 Å². The van der Waals surface area contributed by atoms with Crippen molar-refractivity contribution in [2.75, 3.05) is 30.9 Å². The zero-order valence-electron chi connectivity index (χ0n) is 12.7. The SMILES string of the molecule is CCNC(=O)Nc1nc(Oc2ccccc2)nc(N(C)C)n1. The predicted octanol–water partition coefficient (Wildman–Crippen LogP) is 1.87. The molecule has 0 aliphatic heterocycles. The monoisotopic (exact) mass is 302 g/mol. The minimum atomic E-state index is -0.385. The van der Waals surface area contributed by atoms with Crippen molar-refractivity contribution in [3.8, 4) is 11.8 Å². The van der Waals surface area contributed by atoms with Crippen molar-refractivity contribution in [1.29, 1.82) is 0 Å². The van der Waals surface area contributed by atoms with Gasteiger partial charge in [-0.1, -0.05) is 18.2 Å². The highest BCUT2D eigenvalue weighted by Gasteiger charge is 2.12. The summed E-state index contributed by atoms with van der Waals surface area (Å²) in [4.78, 5) is 25.7. The Balaban J connectivity index is 2.25. The van der Waals surface area contributed by atoms with Crippen molar-refractivity contribution in [1.82, 2.24) is 20.3 Å². The van der Waals surface area contributed by atoms with E-state index in [-0.39, 0.29) is 18.0 Å². The van der Waals surface area contributed by atoms with Crippen LogP contribution in [0.25, 0.3) is 0 Å². The van der Waals surface area contributed by atoms with Crippen molar-refractivity contribution < 1.29 is 9.53 Å². The first-order chi connectivity index (χ1) is 10.6. The highest BCUT2D eigenvalue weighted by atomic mass is 16.5. The van der Waals surface area contributed by atoms with Crippen LogP contribution in [0.3, 0.4) is 0 Å². The minimum Gasteiger partial charge on any atom is -0.424 e. The molecule has 116 valence electrons. The number of aromatic nitrogens is 3. The van der Waals surface area contributed by atoms with Crippen molar-refractivity contribution >= 4 is 17.9 Å². The molecule has 2 amide bonds. The Labute approximate surface area is 128 Å². The van der Waals surface area contributed by atoms with Gasteiger partial charge in [0.05, 0.1) is 0 Å². The molecule has 0 unspecified atom stereocenters. The average molecular weight is 302 g/mol. The molecule has 0 saturated heterocycles. The van der Waals surface area contributed by atoms with Gasteiger partial charge in [-0.05, 0) is 19.1 Å². The molecule has 0 radical (unpaired) electrons. The van der Waals surface area contributed by atoms with E-state index >= 15 is 0 Å². The van der Waals surface area contributed by atoms with Gasteiger partial charge in [0.25, 0.3) is 0 Å². The second-order valence-corrected chi connectivity index (χ2v) is 4.54. The molecule has 0 fully saturated rings. The summed E-state index contributed by atoms with van der Waals surface area (Å²) in [5, 5.41) is 5.15. The molecule has 2 aromatic rings. The highest BCUT2D eigenvalue weighted by Crippen LogP contribution is 2.20. The van der Waals surface area contributed by atoms with E-state index in [0.29, 0.717) is 18.2 Å². The number of para-hydroxylation sites is 1. The van der Waals surface area contributed by atoms with Gasteiger partial charge in [0.15, 0.2) is 0 Å². The second-order valence-electron chi connectivity index (χ2n) is 4.54. The fourth-order valence-electron chi connectivity index (χ4n) is 1.55. The summed E-state index contributed by atoms with van der Waals surface area (Å²) < 4.78 is 5.59. The number of nitrogens with one attached hydrogen (secondary N) is 2. The number of hydrogen-bond donors (Lipinski definition) is 2. The largest absolute Gasteiger partial charge is 0.424 e. The fourth-order valence-corrected chi connectivity index (χ4v) is 1.55. The number of nitrogens with zero attached hydrogens (tertiary/aromatic N) is 4. The Kier molecular flexibility index (Phi) is 5.07. The van der Waals surface area contributed by atoms with E-state index in [4.69, 9.17) is 4.74 Å². The number of carbonyl (C=O) groups is 1. The average Bonchev–Trinajstić information content (AvgIpc) is 2.48. The molecule has 0 saturated carbocycles. The summed E-state index contributed by atoms with van der Waals surface area (Å²) in [6.45, 7) is 2.33. The molecule has 2 rings (SSSR count). The quantitative estimate of drug-likeness (QED) is 0.876. The lowest BCUT2D eigenvalue weighted by molar-refractivity contribution is 0.252. The van der Waals surface area contributed by atoms with Crippen molar-refractivity contribution in [2.45, 2.75) is 6.92 Å². The maximum Gasteiger partial charge on any atom is 0.328 e. The van der Waals surface area contributed by atoms with Crippen LogP contribution in [0.15, 0.2) is 30.3 Å². The van der Waals surface area contributed by atoms with Gasteiger partial charge in [-0.15, -0.1) is 0 Å². The third kappa shape index (κ3) is 4.30. The first kappa shape index (κ1) is 15.5. The first-order valence-corrected chi connectivity index (χ1v) is 6.79. The number of benzene rings is 1. The molecule has 1 aromatic heterocycles. The lowest BCUT2D eigenvalue weighted by Gasteiger charge is -2.13. The third-order valence-electron chi connectivity index (χ3n) is 2.52. The Morgan fingerprint density at radius 2 is 1.91 bits per heavy atom. The summed E-state index contributed by atoms with van der Waals surface area (Å²) in [6, 6.07) is 8.87. The van der Waals surface area contributed by atoms with Crippen LogP contribution < -0.4 is 20.3 Å². The van der Waals surface area contributed by atoms with Gasteiger partial charge in [-0.3, -0.25) is 5.32 Å². The van der Waals surface area contributed by atoms with Crippen LogP contribution >= 0.6 is 0 Å². The molecule has 8 heteroatoms. The first-order valence-electron chi connectivity index (χ1n) is 6.79. The molecule has 1 heterocycles. The number of ether oxygens (including phenoxy) is 1. The van der Waals surface area contributed by atoms with E-state index in [1.54, 1.807) is 31.1 Å². The lowest BCUT2D eigenvalue weighted by atomic mass is 10.3. The Hall–Kier alpha value is -2.90. The van der Waals surface area contributed by atoms with Crippen LogP contribution in [0.2, 0.25) is 0 Å². The Morgan fingerprint density at radius 3 is 2.55 bits per heavy atom. The number of rotatable bonds is 5. The summed E-state index contributed by atoms with van der Waals surface area (Å²) >= 11 is 0. The molecular formula is C14H18N6O2. The number of amides is 2. The molecule has 8 nitrogen and oxygen atoms in total. The van der Waals surface area contributed by atoms with Crippen molar-refractivity contribution in [3.63, 3.8) is 0 Å². The number of hydrogen-bond acceptors (Lipinski definition) is 6. The fraction of sp³-hybridized carbons (Fsp3) is 0.286. The van der Waals surface area contributed by atoms with Gasteiger partial charge in [0.2, 0.25) is 11.9 Å². The van der Waals surface area contributed by atoms with Gasteiger partial charge >= 0.3 is 12.0 Å². The summed E-state index contributed by atoms with van der Waals surface area (Å²) in [5.74, 6) is 1.10. The van der Waals surface area contributed by atoms with Gasteiger partial charge in [-0.25, -0.2) is 4.79 Å². The minimum absolute atomic E-state index is 0.108. The Morgan fingerprint density at radius 1 is 1.18 bits per heavy atom. The topological polar surface area (TPSA) is 92.3 Å². The lowest BCUT2D eigenvalue weighted by Crippen LogP contribution is -2.29. The molecular weight excluding hydrogens is 284 g/mol. The second kappa shape index (κ2) is 7.21. The number of anilines is 2. The summed E-state index contributed by atoms with van der Waals surface area (Å²) in [7, 11) is 3.58. The predicted molar refractivity (Wildman–Crippen MR) is 83.4 cm³/mol. The maximum atomic E-state index is 11.6. The van der Waals surface area contributed by atoms with Gasteiger partial charge in [-0.2, -0.15) is 15.0 Å². The highest BCUT2D eigenvalue weighted by molar-refractivity contribution is 5.87. The molecule has 2 N–H and O–H groups in total. The molecule has 0 aliphatic rings. The van der Waals surface area contributed by atoms with E-state index in [9.17, 15) is 4.79 Å². The number of carbonyl (C=O) groups excluding carboxylic acids is 1. The maximum absolute atomic E-state index is 11.6. The molecule has 0 spiro atoms. The standard InChI is InChI=1S/C14H18N6O2/c1-4-15-13(21)17-11-16-12(20(2)3)19-14(18-11)22-10-8-6-5-7-9-10/h5-9H,4H2,1-3H3,(H2,15,16,17,18,19,21). The normalized spacial score (nSPS) is 9.95. The number of urea groups is 1. The van der Waals surface area contributed by atoms with Crippen molar-refractivity contribution in [2.24, 2.45) is 0 Å². The molecule has 0 bridgehead atoms. The zero-order valence-corrected chi connectivity index (χ0v) is 12.7. The van der Waals surface area contributed by atoms with E-state index in [0.717, 1.165) is 0 Å². The Bertz CT molecular complexity index is 632. The van der Waals surface area contributed by atoms with Crippen LogP contribution in [0, 0.1) is 0 Å². The zero-order chi connectivity index (χ0) is 15.9. The smallest absolute Gasteiger partial charge is 0.328 e. The van der Waals surface area contributed by atoms with Crippen LogP contribution in [0.1, 0.15) is 6.92 Å². The summed E-state index contributed by atoms with van der Waals surface area (Å²) in [6.07, 6.45) is 0. The van der Waals surface area contributed by atoms with E-state index in [1.807, 2.05) is 25.1 Å². The van der Waals surface area contributed by atoms with Crippen LogP contribution in [0.4, 0.5) is 16.7 Å². The van der Waals surface area contributed by atoms with E-state index < -0.39 is 0 Å². The van der Waals surface area contributed by atoms with Gasteiger partial charge in [0, 0.05) is 20.6 Å².